The van der Waals surface area contributed by atoms with Gasteiger partial charge in [-0.25, -0.2) is 0 Å². The van der Waals surface area contributed by atoms with E-state index in [1.54, 1.807) is 0 Å². The van der Waals surface area contributed by atoms with Crippen LogP contribution in [0.4, 0.5) is 0 Å². The molecule has 0 saturated heterocycles. The monoisotopic (exact) mass is 144 g/mol. The molecule has 60 valence electrons. The smallest absolute Gasteiger partial charge is 0.0701 e. The molecule has 0 heterocycles. The van der Waals surface area contributed by atoms with Gasteiger partial charge >= 0.3 is 0 Å². The van der Waals surface area contributed by atoms with Crippen LogP contribution in [0.2, 0.25) is 0 Å². The highest BCUT2D eigenvalue weighted by molar-refractivity contribution is 4.89. The van der Waals surface area contributed by atoms with Gasteiger partial charge in [-0.1, -0.05) is 13.8 Å². The van der Waals surface area contributed by atoms with Crippen molar-refractivity contribution in [2.45, 2.75) is 26.4 Å². The van der Waals surface area contributed by atoms with Crippen LogP contribution < -0.4 is 0 Å². The van der Waals surface area contributed by atoms with Gasteiger partial charge in [-0.3, -0.25) is 0 Å². The first-order chi connectivity index (χ1) is 4.75. The lowest BCUT2D eigenvalue weighted by Crippen LogP contribution is -2.05. The quantitative estimate of drug-likeness (QED) is 0.638. The summed E-state index contributed by atoms with van der Waals surface area (Å²) < 4.78 is 5.33. The Morgan fingerprint density at radius 2 is 2.30 bits per heavy atom. The van der Waals surface area contributed by atoms with Gasteiger partial charge in [0.15, 0.2) is 0 Å². The van der Waals surface area contributed by atoms with E-state index in [1.807, 2.05) is 0 Å². The molecule has 1 fully saturated rings. The fourth-order valence-corrected chi connectivity index (χ4v) is 1.29. The molecule has 2 nitrogen and oxygen atoms in total. The Labute approximate surface area is 62.2 Å². The van der Waals surface area contributed by atoms with Crippen molar-refractivity contribution in [3.63, 3.8) is 0 Å². The molecule has 0 aromatic heterocycles. The van der Waals surface area contributed by atoms with Gasteiger partial charge < -0.3 is 9.84 Å². The van der Waals surface area contributed by atoms with Gasteiger partial charge in [0.05, 0.1) is 19.3 Å². The number of hydrogen-bond donors (Lipinski definition) is 1. The number of aliphatic hydroxyl groups is 1. The Morgan fingerprint density at radius 3 is 2.70 bits per heavy atom. The maximum absolute atomic E-state index is 8.44. The van der Waals surface area contributed by atoms with Crippen molar-refractivity contribution >= 4 is 0 Å². The summed E-state index contributed by atoms with van der Waals surface area (Å²) in [5.41, 5.74) is 0. The average molecular weight is 144 g/mol. The number of aliphatic hydroxyl groups excluding tert-OH is 1. The van der Waals surface area contributed by atoms with Crippen LogP contribution in [0.3, 0.4) is 0 Å². The zero-order chi connectivity index (χ0) is 7.56. The number of hydrogen-bond acceptors (Lipinski definition) is 2. The van der Waals surface area contributed by atoms with Crippen molar-refractivity contribution in [3.8, 4) is 0 Å². The summed E-state index contributed by atoms with van der Waals surface area (Å²) in [6.07, 6.45) is 1.64. The maximum atomic E-state index is 8.44. The number of rotatable bonds is 4. The first-order valence-electron chi connectivity index (χ1n) is 3.98. The lowest BCUT2D eigenvalue weighted by Gasteiger charge is -2.02. The van der Waals surface area contributed by atoms with Crippen molar-refractivity contribution in [1.82, 2.24) is 0 Å². The molecule has 1 N–H and O–H groups in total. The van der Waals surface area contributed by atoms with Crippen molar-refractivity contribution in [2.75, 3.05) is 13.2 Å². The van der Waals surface area contributed by atoms with Gasteiger partial charge in [-0.05, 0) is 18.3 Å². The van der Waals surface area contributed by atoms with Crippen LogP contribution in [-0.4, -0.2) is 24.4 Å². The van der Waals surface area contributed by atoms with Gasteiger partial charge in [0, 0.05) is 0 Å². The summed E-state index contributed by atoms with van der Waals surface area (Å²) in [6, 6.07) is 0. The minimum absolute atomic E-state index is 0.154. The van der Waals surface area contributed by atoms with Gasteiger partial charge in [0.1, 0.15) is 0 Å². The Hall–Kier alpha value is -0.0800. The fraction of sp³-hybridized carbons (Fsp3) is 1.00. The van der Waals surface area contributed by atoms with Crippen molar-refractivity contribution in [2.24, 2.45) is 11.8 Å². The second kappa shape index (κ2) is 3.35. The third-order valence-electron chi connectivity index (χ3n) is 2.06. The molecule has 2 atom stereocenters. The van der Waals surface area contributed by atoms with Crippen LogP contribution in [-0.2, 0) is 4.74 Å². The largest absolute Gasteiger partial charge is 0.394 e. The second-order valence-electron chi connectivity index (χ2n) is 3.28. The van der Waals surface area contributed by atoms with Gasteiger partial charge in [0.25, 0.3) is 0 Å². The third kappa shape index (κ3) is 1.96. The summed E-state index contributed by atoms with van der Waals surface area (Å²) in [6.45, 7) is 5.09. The Balaban J connectivity index is 2.02. The van der Waals surface area contributed by atoms with E-state index in [0.717, 1.165) is 11.8 Å². The van der Waals surface area contributed by atoms with E-state index in [1.165, 1.54) is 6.42 Å². The van der Waals surface area contributed by atoms with E-state index in [-0.39, 0.29) is 6.61 Å². The van der Waals surface area contributed by atoms with Crippen LogP contribution in [0.5, 0.6) is 0 Å². The molecule has 0 bridgehead atoms. The lowest BCUT2D eigenvalue weighted by molar-refractivity contribution is 0.0691. The molecule has 1 aliphatic carbocycles. The fourth-order valence-electron chi connectivity index (χ4n) is 1.29. The molecule has 0 aromatic carbocycles. The molecular formula is C8H16O2. The molecule has 10 heavy (non-hydrogen) atoms. The summed E-state index contributed by atoms with van der Waals surface area (Å²) >= 11 is 0. The SMILES string of the molecule is CC(C)[C@@H]1C[C@@H]1OCCO. The molecule has 0 aliphatic heterocycles. The molecule has 0 aromatic rings. The molecular weight excluding hydrogens is 128 g/mol. The van der Waals surface area contributed by atoms with Crippen LogP contribution >= 0.6 is 0 Å². The maximum Gasteiger partial charge on any atom is 0.0701 e. The van der Waals surface area contributed by atoms with Crippen LogP contribution in [0.1, 0.15) is 20.3 Å². The van der Waals surface area contributed by atoms with E-state index in [0.29, 0.717) is 12.7 Å². The van der Waals surface area contributed by atoms with Crippen LogP contribution in [0, 0.1) is 11.8 Å². The van der Waals surface area contributed by atoms with Crippen molar-refractivity contribution < 1.29 is 9.84 Å². The minimum atomic E-state index is 0.154. The zero-order valence-electron chi connectivity index (χ0n) is 6.71. The molecule has 2 heteroatoms. The summed E-state index contributed by atoms with van der Waals surface area (Å²) in [5.74, 6) is 1.50. The summed E-state index contributed by atoms with van der Waals surface area (Å²) in [4.78, 5) is 0. The average Bonchev–Trinajstić information content (AvgIpc) is 2.62. The van der Waals surface area contributed by atoms with E-state index < -0.39 is 0 Å². The number of ether oxygens (including phenoxy) is 1. The molecule has 0 radical (unpaired) electrons. The predicted molar refractivity (Wildman–Crippen MR) is 39.8 cm³/mol. The third-order valence-corrected chi connectivity index (χ3v) is 2.06. The first kappa shape index (κ1) is 8.02. The van der Waals surface area contributed by atoms with Crippen molar-refractivity contribution in [1.29, 1.82) is 0 Å². The van der Waals surface area contributed by atoms with Gasteiger partial charge in [-0.15, -0.1) is 0 Å². The second-order valence-corrected chi connectivity index (χ2v) is 3.28. The van der Waals surface area contributed by atoms with Gasteiger partial charge in [0.2, 0.25) is 0 Å². The highest BCUT2D eigenvalue weighted by Gasteiger charge is 2.39. The molecule has 0 unspecified atom stereocenters. The molecule has 0 spiro atoms. The molecule has 1 rings (SSSR count). The highest BCUT2D eigenvalue weighted by atomic mass is 16.5. The highest BCUT2D eigenvalue weighted by Crippen LogP contribution is 2.39. The standard InChI is InChI=1S/C8H16O2/c1-6(2)7-5-8(7)10-4-3-9/h6-9H,3-5H2,1-2H3/t7-,8-/m0/s1. The lowest BCUT2D eigenvalue weighted by atomic mass is 10.1. The summed E-state index contributed by atoms with van der Waals surface area (Å²) in [7, 11) is 0. The van der Waals surface area contributed by atoms with Crippen molar-refractivity contribution in [3.05, 3.63) is 0 Å². The Bertz CT molecular complexity index is 101. The molecule has 0 amide bonds. The summed E-state index contributed by atoms with van der Waals surface area (Å²) in [5, 5.41) is 8.44. The minimum Gasteiger partial charge on any atom is -0.394 e. The topological polar surface area (TPSA) is 29.5 Å². The Morgan fingerprint density at radius 1 is 1.60 bits per heavy atom. The normalized spacial score (nSPS) is 31.2. The van der Waals surface area contributed by atoms with E-state index in [9.17, 15) is 0 Å². The predicted octanol–water partition coefficient (Wildman–Crippen LogP) is 1.04. The van der Waals surface area contributed by atoms with Crippen LogP contribution in [0.15, 0.2) is 0 Å². The first-order valence-corrected chi connectivity index (χ1v) is 3.98. The zero-order valence-corrected chi connectivity index (χ0v) is 6.71. The Kier molecular flexibility index (Phi) is 2.69. The van der Waals surface area contributed by atoms with E-state index >= 15 is 0 Å². The van der Waals surface area contributed by atoms with E-state index in [4.69, 9.17) is 9.84 Å². The van der Waals surface area contributed by atoms with E-state index in [2.05, 4.69) is 13.8 Å². The van der Waals surface area contributed by atoms with Crippen LogP contribution in [0.25, 0.3) is 0 Å². The molecule has 1 aliphatic rings. The van der Waals surface area contributed by atoms with Gasteiger partial charge in [-0.2, -0.15) is 0 Å². The molecule has 1 saturated carbocycles.